The van der Waals surface area contributed by atoms with E-state index in [0.717, 1.165) is 19.4 Å². The lowest BCUT2D eigenvalue weighted by Crippen LogP contribution is -2.48. The van der Waals surface area contributed by atoms with Crippen molar-refractivity contribution in [2.45, 2.75) is 25.4 Å². The second-order valence-electron chi connectivity index (χ2n) is 6.95. The molecule has 0 bridgehead atoms. The minimum Gasteiger partial charge on any atom is -0.481 e. The number of ether oxygens (including phenoxy) is 2. The number of amides is 1. The third-order valence-electron chi connectivity index (χ3n) is 5.17. The van der Waals surface area contributed by atoms with Gasteiger partial charge in [-0.1, -0.05) is 18.2 Å². The molecule has 3 rings (SSSR count). The highest BCUT2D eigenvalue weighted by Crippen LogP contribution is 2.24. The van der Waals surface area contributed by atoms with Crippen LogP contribution in [0, 0.1) is 5.82 Å². The molecule has 0 N–H and O–H groups in total. The lowest BCUT2D eigenvalue weighted by atomic mass is 10.0. The van der Waals surface area contributed by atoms with Gasteiger partial charge in [0.05, 0.1) is 14.2 Å². The summed E-state index contributed by atoms with van der Waals surface area (Å²) in [7, 11) is 4.79. The lowest BCUT2D eigenvalue weighted by molar-refractivity contribution is 0.0604. The third-order valence-corrected chi connectivity index (χ3v) is 5.17. The van der Waals surface area contributed by atoms with Crippen LogP contribution in [0.4, 0.5) is 4.39 Å². The molecule has 28 heavy (non-hydrogen) atoms. The van der Waals surface area contributed by atoms with E-state index in [-0.39, 0.29) is 23.6 Å². The van der Waals surface area contributed by atoms with Crippen LogP contribution in [0.2, 0.25) is 0 Å². The van der Waals surface area contributed by atoms with Crippen LogP contribution in [-0.4, -0.2) is 61.1 Å². The summed E-state index contributed by atoms with van der Waals surface area (Å²) in [6.07, 6.45) is 1.86. The fourth-order valence-corrected chi connectivity index (χ4v) is 3.57. The number of piperidine rings is 1. The largest absolute Gasteiger partial charge is 0.481 e. The van der Waals surface area contributed by atoms with Gasteiger partial charge in [0.2, 0.25) is 11.8 Å². The Morgan fingerprint density at radius 3 is 2.75 bits per heavy atom. The SMILES string of the molecule is COc1ccc(C(=O)N(C)C2CCCN(Cc3ccccc3F)C2)c(OC)n1. The zero-order chi connectivity index (χ0) is 20.1. The summed E-state index contributed by atoms with van der Waals surface area (Å²) in [5, 5.41) is 0. The fraction of sp³-hybridized carbons (Fsp3) is 0.429. The molecule has 1 fully saturated rings. The summed E-state index contributed by atoms with van der Waals surface area (Å²) in [6, 6.07) is 10.2. The standard InChI is InChI=1S/C21H26FN3O3/c1-24(21(26)17-10-11-19(27-2)23-20(17)28-3)16-8-6-12-25(14-16)13-15-7-4-5-9-18(15)22/h4-5,7,9-11,16H,6,8,12-14H2,1-3H3. The van der Waals surface area contributed by atoms with Gasteiger partial charge in [-0.2, -0.15) is 4.98 Å². The Morgan fingerprint density at radius 1 is 1.25 bits per heavy atom. The maximum Gasteiger partial charge on any atom is 0.259 e. The van der Waals surface area contributed by atoms with Gasteiger partial charge in [0.1, 0.15) is 11.4 Å². The number of halogens is 1. The molecule has 1 aromatic heterocycles. The van der Waals surface area contributed by atoms with Crippen LogP contribution in [0.3, 0.4) is 0 Å². The van der Waals surface area contributed by atoms with Gasteiger partial charge in [0.25, 0.3) is 5.91 Å². The maximum atomic E-state index is 14.0. The molecule has 1 unspecified atom stereocenters. The minimum atomic E-state index is -0.192. The number of methoxy groups -OCH3 is 2. The Labute approximate surface area is 164 Å². The molecule has 0 spiro atoms. The maximum absolute atomic E-state index is 14.0. The Bertz CT molecular complexity index is 830. The molecule has 150 valence electrons. The van der Waals surface area contributed by atoms with Crippen molar-refractivity contribution in [1.29, 1.82) is 0 Å². The number of likely N-dealkylation sites (N-methyl/N-ethyl adjacent to an activating group) is 1. The van der Waals surface area contributed by atoms with Gasteiger partial charge in [0, 0.05) is 37.8 Å². The lowest BCUT2D eigenvalue weighted by Gasteiger charge is -2.37. The molecule has 0 radical (unpaired) electrons. The van der Waals surface area contributed by atoms with Crippen LogP contribution in [0.1, 0.15) is 28.8 Å². The van der Waals surface area contributed by atoms with Crippen molar-refractivity contribution in [3.63, 3.8) is 0 Å². The van der Waals surface area contributed by atoms with Gasteiger partial charge in [-0.3, -0.25) is 9.69 Å². The summed E-state index contributed by atoms with van der Waals surface area (Å²) in [4.78, 5) is 21.2. The number of aromatic nitrogens is 1. The van der Waals surface area contributed by atoms with Gasteiger partial charge >= 0.3 is 0 Å². The highest BCUT2D eigenvalue weighted by atomic mass is 19.1. The van der Waals surface area contributed by atoms with Crippen LogP contribution >= 0.6 is 0 Å². The van der Waals surface area contributed by atoms with E-state index >= 15 is 0 Å². The molecular weight excluding hydrogens is 361 g/mol. The van der Waals surface area contributed by atoms with E-state index in [1.54, 1.807) is 30.1 Å². The van der Waals surface area contributed by atoms with Crippen LogP contribution in [-0.2, 0) is 6.54 Å². The van der Waals surface area contributed by atoms with Crippen LogP contribution in [0.15, 0.2) is 36.4 Å². The molecule has 1 aliphatic rings. The highest BCUT2D eigenvalue weighted by molar-refractivity contribution is 5.96. The monoisotopic (exact) mass is 387 g/mol. The summed E-state index contributed by atoms with van der Waals surface area (Å²) >= 11 is 0. The molecule has 1 amide bonds. The Kier molecular flexibility index (Phi) is 6.46. The van der Waals surface area contributed by atoms with Crippen LogP contribution in [0.25, 0.3) is 0 Å². The van der Waals surface area contributed by atoms with Gasteiger partial charge in [-0.15, -0.1) is 0 Å². The van der Waals surface area contributed by atoms with E-state index < -0.39 is 0 Å². The van der Waals surface area contributed by atoms with Crippen molar-refractivity contribution in [3.8, 4) is 11.8 Å². The normalized spacial score (nSPS) is 17.2. The first-order valence-electron chi connectivity index (χ1n) is 9.35. The molecule has 1 atom stereocenters. The highest BCUT2D eigenvalue weighted by Gasteiger charge is 2.29. The van der Waals surface area contributed by atoms with E-state index in [2.05, 4.69) is 9.88 Å². The quantitative estimate of drug-likeness (QED) is 0.763. The van der Waals surface area contributed by atoms with Crippen LogP contribution < -0.4 is 9.47 Å². The van der Waals surface area contributed by atoms with Gasteiger partial charge in [-0.25, -0.2) is 4.39 Å². The zero-order valence-electron chi connectivity index (χ0n) is 16.5. The predicted molar refractivity (Wildman–Crippen MR) is 104 cm³/mol. The Balaban J connectivity index is 1.70. The van der Waals surface area contributed by atoms with E-state index in [1.165, 1.54) is 20.3 Å². The van der Waals surface area contributed by atoms with Crippen molar-refractivity contribution < 1.29 is 18.7 Å². The average Bonchev–Trinajstić information content (AvgIpc) is 2.74. The van der Waals surface area contributed by atoms with E-state index in [1.807, 2.05) is 12.1 Å². The molecule has 7 heteroatoms. The molecule has 1 aliphatic heterocycles. The second-order valence-corrected chi connectivity index (χ2v) is 6.95. The van der Waals surface area contributed by atoms with E-state index in [0.29, 0.717) is 30.1 Å². The molecule has 0 saturated carbocycles. The molecule has 0 aliphatic carbocycles. The summed E-state index contributed by atoms with van der Waals surface area (Å²) < 4.78 is 24.3. The topological polar surface area (TPSA) is 54.9 Å². The van der Waals surface area contributed by atoms with Crippen molar-refractivity contribution in [2.24, 2.45) is 0 Å². The summed E-state index contributed by atoms with van der Waals surface area (Å²) in [5.74, 6) is 0.299. The number of carbonyl (C=O) groups is 1. The predicted octanol–water partition coefficient (Wildman–Crippen LogP) is 2.97. The van der Waals surface area contributed by atoms with Crippen molar-refractivity contribution in [2.75, 3.05) is 34.4 Å². The van der Waals surface area contributed by atoms with Gasteiger partial charge in [0.15, 0.2) is 0 Å². The number of rotatable bonds is 6. The number of benzene rings is 1. The van der Waals surface area contributed by atoms with E-state index in [4.69, 9.17) is 9.47 Å². The number of hydrogen-bond donors (Lipinski definition) is 0. The van der Waals surface area contributed by atoms with Crippen molar-refractivity contribution in [3.05, 3.63) is 53.3 Å². The molecule has 2 heterocycles. The Morgan fingerprint density at radius 2 is 2.04 bits per heavy atom. The number of carbonyl (C=O) groups excluding carboxylic acids is 1. The summed E-state index contributed by atoms with van der Waals surface area (Å²) in [6.45, 7) is 2.13. The first kappa shape index (κ1) is 20.1. The molecule has 1 saturated heterocycles. The fourth-order valence-electron chi connectivity index (χ4n) is 3.57. The van der Waals surface area contributed by atoms with Gasteiger partial charge in [-0.05, 0) is 31.5 Å². The zero-order valence-corrected chi connectivity index (χ0v) is 16.5. The first-order chi connectivity index (χ1) is 13.5. The van der Waals surface area contributed by atoms with Crippen molar-refractivity contribution >= 4 is 5.91 Å². The van der Waals surface area contributed by atoms with E-state index in [9.17, 15) is 9.18 Å². The third kappa shape index (κ3) is 4.42. The molecule has 1 aromatic carbocycles. The smallest absolute Gasteiger partial charge is 0.259 e. The molecular formula is C21H26FN3O3. The molecule has 2 aromatic rings. The number of nitrogens with zero attached hydrogens (tertiary/aromatic N) is 3. The van der Waals surface area contributed by atoms with Crippen molar-refractivity contribution in [1.82, 2.24) is 14.8 Å². The second kappa shape index (κ2) is 9.01. The first-order valence-corrected chi connectivity index (χ1v) is 9.35. The molecule has 6 nitrogen and oxygen atoms in total. The summed E-state index contributed by atoms with van der Waals surface area (Å²) in [5.41, 5.74) is 1.08. The average molecular weight is 387 g/mol. The van der Waals surface area contributed by atoms with Gasteiger partial charge < -0.3 is 14.4 Å². The van der Waals surface area contributed by atoms with Crippen LogP contribution in [0.5, 0.6) is 11.8 Å². The number of hydrogen-bond acceptors (Lipinski definition) is 5. The minimum absolute atomic E-state index is 0.0415. The number of likely N-dealkylation sites (tertiary alicyclic amines) is 1. The number of pyridine rings is 1. The Hall–Kier alpha value is -2.67.